The molecule has 1 fully saturated rings. The Hall–Kier alpha value is -1.00. The van der Waals surface area contributed by atoms with Crippen LogP contribution < -0.4 is 5.73 Å². The third kappa shape index (κ3) is 5.03. The highest BCUT2D eigenvalue weighted by Gasteiger charge is 2.35. The second kappa shape index (κ2) is 8.02. The Labute approximate surface area is 136 Å². The molecule has 0 aromatic heterocycles. The van der Waals surface area contributed by atoms with Gasteiger partial charge in [-0.2, -0.15) is 0 Å². The molecule has 1 aliphatic rings. The van der Waals surface area contributed by atoms with Gasteiger partial charge in [0.2, 0.25) is 0 Å². The smallest absolute Gasteiger partial charge is 0.0763 e. The second-order valence-electron chi connectivity index (χ2n) is 7.36. The van der Waals surface area contributed by atoms with Gasteiger partial charge < -0.3 is 15.7 Å². The fraction of sp³-hybridized carbons (Fsp3) is 0.778. The first-order valence-electron chi connectivity index (χ1n) is 8.48. The summed E-state index contributed by atoms with van der Waals surface area (Å²) in [6.07, 6.45) is 7.26. The predicted molar refractivity (Wildman–Crippen MR) is 94.3 cm³/mol. The molecule has 4 heteroatoms. The van der Waals surface area contributed by atoms with Crippen molar-refractivity contribution in [2.45, 2.75) is 52.7 Å². The lowest BCUT2D eigenvalue weighted by atomic mass is 9.92. The Balaban J connectivity index is 2.82. The Kier molecular flexibility index (Phi) is 6.95. The van der Waals surface area contributed by atoms with E-state index in [0.717, 1.165) is 31.8 Å². The second-order valence-corrected chi connectivity index (χ2v) is 7.36. The summed E-state index contributed by atoms with van der Waals surface area (Å²) in [6, 6.07) is 0.108. The first-order valence-corrected chi connectivity index (χ1v) is 8.48. The Bertz CT molecular complexity index is 396. The van der Waals surface area contributed by atoms with Gasteiger partial charge in [-0.3, -0.25) is 4.90 Å². The van der Waals surface area contributed by atoms with Crippen LogP contribution in [0, 0.1) is 11.8 Å². The van der Waals surface area contributed by atoms with E-state index in [-0.39, 0.29) is 6.04 Å². The number of aliphatic hydroxyl groups is 1. The van der Waals surface area contributed by atoms with E-state index in [2.05, 4.69) is 49.8 Å². The maximum Gasteiger partial charge on any atom is 0.0763 e. The molecule has 1 rings (SSSR count). The molecule has 1 heterocycles. The van der Waals surface area contributed by atoms with Crippen molar-refractivity contribution >= 4 is 0 Å². The van der Waals surface area contributed by atoms with Gasteiger partial charge in [-0.15, -0.1) is 0 Å². The summed E-state index contributed by atoms with van der Waals surface area (Å²) in [4.78, 5) is 4.52. The molecule has 2 unspecified atom stereocenters. The van der Waals surface area contributed by atoms with Crippen LogP contribution in [-0.4, -0.2) is 53.2 Å². The fourth-order valence-electron chi connectivity index (χ4n) is 3.19. The molecule has 3 N–H and O–H groups in total. The lowest BCUT2D eigenvalue weighted by Crippen LogP contribution is -2.59. The van der Waals surface area contributed by atoms with E-state index in [0.29, 0.717) is 11.8 Å². The van der Waals surface area contributed by atoms with Crippen molar-refractivity contribution in [2.75, 3.05) is 26.7 Å². The fourth-order valence-corrected chi connectivity index (χ4v) is 3.19. The van der Waals surface area contributed by atoms with Crippen LogP contribution in [-0.2, 0) is 0 Å². The largest absolute Gasteiger partial charge is 0.403 e. The molecule has 0 spiro atoms. The molecule has 0 aromatic carbocycles. The predicted octanol–water partition coefficient (Wildman–Crippen LogP) is 2.41. The molecule has 1 aliphatic heterocycles. The molecule has 128 valence electrons. The molecule has 0 bridgehead atoms. The zero-order valence-corrected chi connectivity index (χ0v) is 15.2. The number of allylic oxidation sites excluding steroid dienone is 2. The van der Waals surface area contributed by atoms with Crippen molar-refractivity contribution in [3.8, 4) is 0 Å². The number of rotatable bonds is 6. The average molecular weight is 309 g/mol. The van der Waals surface area contributed by atoms with Crippen molar-refractivity contribution in [3.63, 3.8) is 0 Å². The summed E-state index contributed by atoms with van der Waals surface area (Å²) in [6.45, 7) is 13.2. The molecule has 22 heavy (non-hydrogen) atoms. The van der Waals surface area contributed by atoms with Crippen LogP contribution in [0.4, 0.5) is 0 Å². The minimum Gasteiger partial charge on any atom is -0.403 e. The molecular formula is C18H35N3O. The first-order chi connectivity index (χ1) is 10.2. The Morgan fingerprint density at radius 2 is 2.00 bits per heavy atom. The molecule has 0 radical (unpaired) electrons. The van der Waals surface area contributed by atoms with Gasteiger partial charge in [0.25, 0.3) is 0 Å². The van der Waals surface area contributed by atoms with Gasteiger partial charge >= 0.3 is 0 Å². The number of likely N-dealkylation sites (N-methyl/N-ethyl adjacent to an activating group) is 1. The van der Waals surface area contributed by atoms with E-state index in [1.807, 2.05) is 13.8 Å². The van der Waals surface area contributed by atoms with Gasteiger partial charge in [0, 0.05) is 25.8 Å². The number of hydrogen-bond acceptors (Lipinski definition) is 4. The maximum absolute atomic E-state index is 10.4. The lowest BCUT2D eigenvalue weighted by Gasteiger charge is -2.45. The molecule has 2 atom stereocenters. The molecule has 0 aliphatic carbocycles. The van der Waals surface area contributed by atoms with E-state index in [1.165, 1.54) is 0 Å². The van der Waals surface area contributed by atoms with Crippen molar-refractivity contribution < 1.29 is 5.11 Å². The van der Waals surface area contributed by atoms with Crippen LogP contribution in [0.5, 0.6) is 0 Å². The molecule has 4 nitrogen and oxygen atoms in total. The SMILES string of the molecule is CCC(/C=C\C(=C/N)N1CCN(C)C(C(C)(C)O)C1)C(C)C. The number of nitrogens with two attached hydrogens (primary N) is 1. The normalized spacial score (nSPS) is 23.5. The summed E-state index contributed by atoms with van der Waals surface area (Å²) < 4.78 is 0. The Morgan fingerprint density at radius 1 is 1.36 bits per heavy atom. The number of hydrogen-bond donors (Lipinski definition) is 2. The monoisotopic (exact) mass is 309 g/mol. The Morgan fingerprint density at radius 3 is 2.45 bits per heavy atom. The summed E-state index contributed by atoms with van der Waals surface area (Å²) in [5, 5.41) is 10.4. The quantitative estimate of drug-likeness (QED) is 0.740. The van der Waals surface area contributed by atoms with E-state index in [1.54, 1.807) is 6.20 Å². The van der Waals surface area contributed by atoms with E-state index >= 15 is 0 Å². The topological polar surface area (TPSA) is 52.7 Å². The van der Waals surface area contributed by atoms with Gasteiger partial charge in [0.05, 0.1) is 17.3 Å². The minimum atomic E-state index is -0.721. The van der Waals surface area contributed by atoms with Crippen molar-refractivity contribution in [1.29, 1.82) is 0 Å². The zero-order chi connectivity index (χ0) is 16.9. The summed E-state index contributed by atoms with van der Waals surface area (Å²) in [7, 11) is 2.08. The lowest BCUT2D eigenvalue weighted by molar-refractivity contribution is -0.0401. The van der Waals surface area contributed by atoms with Crippen LogP contribution in [0.2, 0.25) is 0 Å². The third-order valence-electron chi connectivity index (χ3n) is 4.84. The highest BCUT2D eigenvalue weighted by molar-refractivity contribution is 5.19. The minimum absolute atomic E-state index is 0.108. The molecule has 0 aromatic rings. The molecule has 0 saturated carbocycles. The van der Waals surface area contributed by atoms with Crippen molar-refractivity contribution in [1.82, 2.24) is 9.80 Å². The highest BCUT2D eigenvalue weighted by atomic mass is 16.3. The van der Waals surface area contributed by atoms with Gasteiger partial charge in [-0.1, -0.05) is 26.8 Å². The summed E-state index contributed by atoms with van der Waals surface area (Å²) >= 11 is 0. The van der Waals surface area contributed by atoms with E-state index < -0.39 is 5.60 Å². The van der Waals surface area contributed by atoms with Crippen LogP contribution in [0.25, 0.3) is 0 Å². The van der Waals surface area contributed by atoms with Crippen LogP contribution in [0.15, 0.2) is 24.0 Å². The summed E-state index contributed by atoms with van der Waals surface area (Å²) in [5.41, 5.74) is 6.20. The van der Waals surface area contributed by atoms with Gasteiger partial charge in [0.1, 0.15) is 0 Å². The van der Waals surface area contributed by atoms with Crippen molar-refractivity contribution in [2.24, 2.45) is 17.6 Å². The van der Waals surface area contributed by atoms with E-state index in [4.69, 9.17) is 5.73 Å². The zero-order valence-electron chi connectivity index (χ0n) is 15.2. The molecular weight excluding hydrogens is 274 g/mol. The number of nitrogens with zero attached hydrogens (tertiary/aromatic N) is 2. The van der Waals surface area contributed by atoms with Gasteiger partial charge in [-0.05, 0) is 45.2 Å². The van der Waals surface area contributed by atoms with E-state index in [9.17, 15) is 5.11 Å². The van der Waals surface area contributed by atoms with Gasteiger partial charge in [0.15, 0.2) is 0 Å². The third-order valence-corrected chi connectivity index (χ3v) is 4.84. The molecule has 1 saturated heterocycles. The van der Waals surface area contributed by atoms with Gasteiger partial charge in [-0.25, -0.2) is 0 Å². The van der Waals surface area contributed by atoms with Crippen molar-refractivity contribution in [3.05, 3.63) is 24.0 Å². The average Bonchev–Trinajstić information content (AvgIpc) is 2.43. The molecule has 0 amide bonds. The maximum atomic E-state index is 10.4. The van der Waals surface area contributed by atoms with Crippen LogP contribution in [0.1, 0.15) is 41.0 Å². The van der Waals surface area contributed by atoms with Crippen LogP contribution in [0.3, 0.4) is 0 Å². The summed E-state index contributed by atoms with van der Waals surface area (Å²) in [5.74, 6) is 1.21. The highest BCUT2D eigenvalue weighted by Crippen LogP contribution is 2.23. The first kappa shape index (κ1) is 19.0. The standard InChI is InChI=1S/C18H35N3O/c1-7-15(14(2)3)8-9-16(12-19)21-11-10-20(6)17(13-21)18(4,5)22/h8-9,12,14-15,17,22H,7,10-11,13,19H2,1-6H3/b9-8-,16-12+. The van der Waals surface area contributed by atoms with Crippen LogP contribution >= 0.6 is 0 Å². The number of piperazine rings is 1.